The van der Waals surface area contributed by atoms with Gasteiger partial charge in [0.1, 0.15) is 16.5 Å². The first-order chi connectivity index (χ1) is 6.81. The van der Waals surface area contributed by atoms with Gasteiger partial charge in [-0.1, -0.05) is 11.6 Å². The fourth-order valence-electron chi connectivity index (χ4n) is 1.01. The van der Waals surface area contributed by atoms with Crippen molar-refractivity contribution in [3.63, 3.8) is 0 Å². The maximum Gasteiger partial charge on any atom is 0.254 e. The van der Waals surface area contributed by atoms with E-state index >= 15 is 0 Å². The van der Waals surface area contributed by atoms with E-state index in [2.05, 4.69) is 15.1 Å². The highest BCUT2D eigenvalue weighted by atomic mass is 35.5. The number of fused-ring (bicyclic) bond motifs is 1. The third kappa shape index (κ3) is 1.82. The first-order valence-electron chi connectivity index (χ1n) is 3.91. The van der Waals surface area contributed by atoms with Gasteiger partial charge < -0.3 is 5.11 Å². The van der Waals surface area contributed by atoms with Crippen LogP contribution < -0.4 is 0 Å². The van der Waals surface area contributed by atoms with Crippen LogP contribution in [-0.4, -0.2) is 37.0 Å². The molecule has 0 fully saturated rings. The molecule has 0 atom stereocenters. The van der Waals surface area contributed by atoms with Crippen LogP contribution in [0, 0.1) is 0 Å². The summed E-state index contributed by atoms with van der Waals surface area (Å²) in [7, 11) is 0. The molecule has 2 aromatic rings. The largest absolute Gasteiger partial charge is 0.396 e. The first kappa shape index (κ1) is 9.70. The molecule has 0 aliphatic rings. The summed E-state index contributed by atoms with van der Waals surface area (Å²) in [5, 5.41) is 13.9. The van der Waals surface area contributed by atoms with Gasteiger partial charge in [0.05, 0.1) is 6.61 Å². The van der Waals surface area contributed by atoms with E-state index in [1.807, 2.05) is 0 Å². The molecule has 0 saturated carbocycles. The van der Waals surface area contributed by atoms with Gasteiger partial charge in [-0.15, -0.1) is 11.8 Å². The zero-order valence-corrected chi connectivity index (χ0v) is 8.66. The second kappa shape index (κ2) is 4.12. The zero-order valence-electron chi connectivity index (χ0n) is 7.09. The predicted octanol–water partition coefficient (Wildman–Crippen LogP) is 0.862. The number of rotatable bonds is 3. The molecule has 0 aliphatic carbocycles. The summed E-state index contributed by atoms with van der Waals surface area (Å²) in [6.45, 7) is 0.112. The maximum atomic E-state index is 8.70. The number of nitrogens with zero attached hydrogens (tertiary/aromatic N) is 4. The van der Waals surface area contributed by atoms with E-state index in [0.29, 0.717) is 16.7 Å². The van der Waals surface area contributed by atoms with E-state index in [9.17, 15) is 0 Å². The molecule has 5 nitrogen and oxygen atoms in total. The Morgan fingerprint density at radius 1 is 1.57 bits per heavy atom. The lowest BCUT2D eigenvalue weighted by molar-refractivity contribution is 0.322. The summed E-state index contributed by atoms with van der Waals surface area (Å²) < 4.78 is 1.59. The van der Waals surface area contributed by atoms with Gasteiger partial charge in [-0.3, -0.25) is 0 Å². The highest BCUT2D eigenvalue weighted by Crippen LogP contribution is 2.20. The van der Waals surface area contributed by atoms with Gasteiger partial charge in [0, 0.05) is 11.8 Å². The lowest BCUT2D eigenvalue weighted by Gasteiger charge is -2.01. The quantitative estimate of drug-likeness (QED) is 0.626. The molecule has 0 saturated heterocycles. The molecule has 2 heterocycles. The second-order valence-electron chi connectivity index (χ2n) is 2.46. The normalized spacial score (nSPS) is 11.0. The van der Waals surface area contributed by atoms with E-state index in [4.69, 9.17) is 16.7 Å². The molecule has 0 aromatic carbocycles. The molecular formula is C7H7ClN4OS. The van der Waals surface area contributed by atoms with Crippen molar-refractivity contribution in [3.05, 3.63) is 17.5 Å². The van der Waals surface area contributed by atoms with Crippen molar-refractivity contribution in [1.29, 1.82) is 0 Å². The fraction of sp³-hybridized carbons (Fsp3) is 0.286. The second-order valence-corrected chi connectivity index (χ2v) is 3.96. The monoisotopic (exact) mass is 230 g/mol. The molecule has 7 heteroatoms. The number of aliphatic hydroxyl groups excluding tert-OH is 1. The Hall–Kier alpha value is -0.850. The smallest absolute Gasteiger partial charge is 0.254 e. The van der Waals surface area contributed by atoms with Crippen molar-refractivity contribution in [1.82, 2.24) is 19.6 Å². The van der Waals surface area contributed by atoms with Crippen LogP contribution in [0.2, 0.25) is 5.15 Å². The molecule has 0 spiro atoms. The van der Waals surface area contributed by atoms with Gasteiger partial charge in [0.25, 0.3) is 5.78 Å². The molecule has 2 rings (SSSR count). The predicted molar refractivity (Wildman–Crippen MR) is 53.6 cm³/mol. The fourth-order valence-corrected chi connectivity index (χ4v) is 2.00. The van der Waals surface area contributed by atoms with Crippen LogP contribution in [0.5, 0.6) is 0 Å². The zero-order chi connectivity index (χ0) is 9.97. The van der Waals surface area contributed by atoms with Gasteiger partial charge >= 0.3 is 0 Å². The van der Waals surface area contributed by atoms with Crippen LogP contribution in [0.15, 0.2) is 17.4 Å². The summed E-state index contributed by atoms with van der Waals surface area (Å²) in [6, 6.07) is 1.70. The summed E-state index contributed by atoms with van der Waals surface area (Å²) in [6.07, 6.45) is 1.42. The van der Waals surface area contributed by atoms with Crippen molar-refractivity contribution < 1.29 is 5.11 Å². The first-order valence-corrected chi connectivity index (χ1v) is 5.27. The Kier molecular flexibility index (Phi) is 2.85. The molecule has 0 aliphatic heterocycles. The summed E-state index contributed by atoms with van der Waals surface area (Å²) in [5.41, 5.74) is 0. The standard InChI is InChI=1S/C7H7ClN4OS/c8-5-3-6(14-2-1-13)12-7(11-5)9-4-10-12/h3-4,13H,1-2H2. The molecule has 0 bridgehead atoms. The molecule has 74 valence electrons. The highest BCUT2D eigenvalue weighted by molar-refractivity contribution is 7.99. The van der Waals surface area contributed by atoms with Crippen molar-refractivity contribution in [3.8, 4) is 0 Å². The number of aromatic nitrogens is 4. The molecule has 14 heavy (non-hydrogen) atoms. The number of aliphatic hydroxyl groups is 1. The minimum Gasteiger partial charge on any atom is -0.396 e. The van der Waals surface area contributed by atoms with Crippen LogP contribution in [-0.2, 0) is 0 Å². The third-order valence-electron chi connectivity index (χ3n) is 1.53. The van der Waals surface area contributed by atoms with Gasteiger partial charge in [-0.05, 0) is 0 Å². The average Bonchev–Trinajstić information content (AvgIpc) is 2.61. The SMILES string of the molecule is OCCSc1cc(Cl)nc2ncnn12. The van der Waals surface area contributed by atoms with Crippen LogP contribution in [0.25, 0.3) is 5.78 Å². The summed E-state index contributed by atoms with van der Waals surface area (Å²) in [5.74, 6) is 1.06. The summed E-state index contributed by atoms with van der Waals surface area (Å²) in [4.78, 5) is 7.91. The average molecular weight is 231 g/mol. The number of hydrogen-bond donors (Lipinski definition) is 1. The molecule has 0 unspecified atom stereocenters. The Labute approximate surface area is 89.1 Å². The Morgan fingerprint density at radius 2 is 2.43 bits per heavy atom. The van der Waals surface area contributed by atoms with Gasteiger partial charge in [-0.2, -0.15) is 19.6 Å². The Morgan fingerprint density at radius 3 is 3.21 bits per heavy atom. The van der Waals surface area contributed by atoms with Crippen LogP contribution in [0.1, 0.15) is 0 Å². The van der Waals surface area contributed by atoms with Crippen LogP contribution in [0.3, 0.4) is 0 Å². The van der Waals surface area contributed by atoms with Gasteiger partial charge in [-0.25, -0.2) is 0 Å². The van der Waals surface area contributed by atoms with E-state index in [0.717, 1.165) is 5.03 Å². The molecular weight excluding hydrogens is 224 g/mol. The summed E-state index contributed by atoms with van der Waals surface area (Å²) >= 11 is 7.25. The van der Waals surface area contributed by atoms with Crippen LogP contribution >= 0.6 is 23.4 Å². The molecule has 2 aromatic heterocycles. The molecule has 1 N–H and O–H groups in total. The van der Waals surface area contributed by atoms with E-state index in [-0.39, 0.29) is 6.61 Å². The topological polar surface area (TPSA) is 63.3 Å². The minimum atomic E-state index is 0.112. The van der Waals surface area contributed by atoms with Crippen LogP contribution in [0.4, 0.5) is 0 Å². The van der Waals surface area contributed by atoms with E-state index < -0.39 is 0 Å². The van der Waals surface area contributed by atoms with Crippen molar-refractivity contribution in [2.75, 3.05) is 12.4 Å². The van der Waals surface area contributed by atoms with E-state index in [1.165, 1.54) is 18.1 Å². The Bertz CT molecular complexity index is 446. The Balaban J connectivity index is 2.44. The van der Waals surface area contributed by atoms with Crippen molar-refractivity contribution in [2.24, 2.45) is 0 Å². The highest BCUT2D eigenvalue weighted by Gasteiger charge is 2.06. The number of hydrogen-bond acceptors (Lipinski definition) is 5. The van der Waals surface area contributed by atoms with Crippen molar-refractivity contribution >= 4 is 29.1 Å². The van der Waals surface area contributed by atoms with E-state index in [1.54, 1.807) is 10.6 Å². The number of thioether (sulfide) groups is 1. The lowest BCUT2D eigenvalue weighted by Crippen LogP contribution is -1.97. The molecule has 0 radical (unpaired) electrons. The maximum absolute atomic E-state index is 8.70. The third-order valence-corrected chi connectivity index (χ3v) is 2.70. The van der Waals surface area contributed by atoms with Gasteiger partial charge in [0.15, 0.2) is 0 Å². The van der Waals surface area contributed by atoms with Gasteiger partial charge in [0.2, 0.25) is 0 Å². The number of halogens is 1. The van der Waals surface area contributed by atoms with Crippen molar-refractivity contribution in [2.45, 2.75) is 5.03 Å². The molecule has 0 amide bonds. The lowest BCUT2D eigenvalue weighted by atomic mass is 10.7. The minimum absolute atomic E-state index is 0.112.